The molecule has 2 unspecified atom stereocenters. The SMILES string of the molecule is C=CCN(CCC)C(=O)[C@@H]1[C@H]2C(=O)N(CCCO)C(C(=O)N(CC=C)c3ccc(N(CC)CC)cc3)C23CC[C@@]1(C)O3. The van der Waals surface area contributed by atoms with E-state index in [9.17, 15) is 19.5 Å². The lowest BCUT2D eigenvalue weighted by atomic mass is 9.66. The van der Waals surface area contributed by atoms with Crippen molar-refractivity contribution in [2.45, 2.75) is 70.6 Å². The van der Waals surface area contributed by atoms with Crippen LogP contribution in [0.1, 0.15) is 53.4 Å². The molecule has 0 aliphatic carbocycles. The smallest absolute Gasteiger partial charge is 0.253 e. The highest BCUT2D eigenvalue weighted by Crippen LogP contribution is 2.63. The molecule has 0 saturated carbocycles. The van der Waals surface area contributed by atoms with Gasteiger partial charge < -0.3 is 29.4 Å². The van der Waals surface area contributed by atoms with Gasteiger partial charge in [-0.25, -0.2) is 0 Å². The summed E-state index contributed by atoms with van der Waals surface area (Å²) in [7, 11) is 0. The summed E-state index contributed by atoms with van der Waals surface area (Å²) in [4.78, 5) is 50.2. The molecule has 230 valence electrons. The first-order valence-electron chi connectivity index (χ1n) is 15.5. The van der Waals surface area contributed by atoms with Crippen molar-refractivity contribution in [2.24, 2.45) is 11.8 Å². The number of rotatable bonds is 15. The van der Waals surface area contributed by atoms with Gasteiger partial charge in [0.05, 0.1) is 17.4 Å². The molecule has 42 heavy (non-hydrogen) atoms. The Kier molecular flexibility index (Phi) is 9.83. The zero-order chi connectivity index (χ0) is 30.7. The molecule has 9 nitrogen and oxygen atoms in total. The van der Waals surface area contributed by atoms with E-state index in [-0.39, 0.29) is 37.4 Å². The summed E-state index contributed by atoms with van der Waals surface area (Å²) in [6.07, 6.45) is 5.58. The zero-order valence-electron chi connectivity index (χ0n) is 25.8. The fourth-order valence-corrected chi connectivity index (χ4v) is 7.51. The number of likely N-dealkylation sites (tertiary alicyclic amines) is 1. The van der Waals surface area contributed by atoms with E-state index in [0.717, 1.165) is 25.2 Å². The second-order valence-corrected chi connectivity index (χ2v) is 11.8. The number of aliphatic hydroxyl groups excluding tert-OH is 1. The van der Waals surface area contributed by atoms with Crippen LogP contribution in [0.3, 0.4) is 0 Å². The molecule has 3 saturated heterocycles. The Morgan fingerprint density at radius 2 is 1.69 bits per heavy atom. The van der Waals surface area contributed by atoms with E-state index in [4.69, 9.17) is 4.74 Å². The number of benzene rings is 1. The van der Waals surface area contributed by atoms with Gasteiger partial charge in [-0.2, -0.15) is 0 Å². The van der Waals surface area contributed by atoms with Crippen LogP contribution in [-0.4, -0.2) is 95.7 Å². The third-order valence-corrected chi connectivity index (χ3v) is 9.36. The quantitative estimate of drug-likeness (QED) is 0.319. The van der Waals surface area contributed by atoms with Crippen LogP contribution in [-0.2, 0) is 19.1 Å². The zero-order valence-corrected chi connectivity index (χ0v) is 25.8. The summed E-state index contributed by atoms with van der Waals surface area (Å²) in [5, 5.41) is 9.67. The van der Waals surface area contributed by atoms with Crippen LogP contribution in [0.25, 0.3) is 0 Å². The topological polar surface area (TPSA) is 93.6 Å². The number of aliphatic hydroxyl groups is 1. The average molecular weight is 581 g/mol. The van der Waals surface area contributed by atoms with Crippen molar-refractivity contribution in [3.05, 3.63) is 49.6 Å². The Morgan fingerprint density at radius 3 is 2.26 bits per heavy atom. The van der Waals surface area contributed by atoms with Gasteiger partial charge in [0.1, 0.15) is 11.6 Å². The number of fused-ring (bicyclic) bond motifs is 1. The molecule has 3 fully saturated rings. The third-order valence-electron chi connectivity index (χ3n) is 9.36. The molecule has 1 aromatic rings. The van der Waals surface area contributed by atoms with Crippen LogP contribution in [0.4, 0.5) is 11.4 Å². The fraction of sp³-hybridized carbons (Fsp3) is 0.606. The van der Waals surface area contributed by atoms with E-state index < -0.39 is 29.1 Å². The molecule has 0 aromatic heterocycles. The molecule has 1 N–H and O–H groups in total. The number of hydrogen-bond acceptors (Lipinski definition) is 6. The van der Waals surface area contributed by atoms with Crippen molar-refractivity contribution < 1.29 is 24.2 Å². The molecule has 4 rings (SSSR count). The van der Waals surface area contributed by atoms with E-state index in [1.807, 2.05) is 38.1 Å². The maximum atomic E-state index is 14.7. The average Bonchev–Trinajstić information content (AvgIpc) is 3.55. The van der Waals surface area contributed by atoms with Gasteiger partial charge >= 0.3 is 0 Å². The van der Waals surface area contributed by atoms with Gasteiger partial charge in [-0.1, -0.05) is 19.1 Å². The number of ether oxygens (including phenoxy) is 1. The first-order valence-corrected chi connectivity index (χ1v) is 15.5. The van der Waals surface area contributed by atoms with Crippen molar-refractivity contribution in [3.8, 4) is 0 Å². The molecule has 5 atom stereocenters. The molecule has 3 amide bonds. The summed E-state index contributed by atoms with van der Waals surface area (Å²) in [5.74, 6) is -2.08. The minimum Gasteiger partial charge on any atom is -0.396 e. The van der Waals surface area contributed by atoms with Gasteiger partial charge in [-0.15, -0.1) is 13.2 Å². The van der Waals surface area contributed by atoms with E-state index in [1.165, 1.54) is 0 Å². The number of amides is 3. The summed E-state index contributed by atoms with van der Waals surface area (Å²) in [5.41, 5.74) is -0.194. The van der Waals surface area contributed by atoms with Crippen molar-refractivity contribution in [3.63, 3.8) is 0 Å². The van der Waals surface area contributed by atoms with Gasteiger partial charge in [0.2, 0.25) is 11.8 Å². The maximum Gasteiger partial charge on any atom is 0.253 e. The first kappa shape index (κ1) is 31.8. The van der Waals surface area contributed by atoms with Crippen LogP contribution in [0.2, 0.25) is 0 Å². The fourth-order valence-electron chi connectivity index (χ4n) is 7.51. The van der Waals surface area contributed by atoms with Crippen LogP contribution in [0.15, 0.2) is 49.6 Å². The van der Waals surface area contributed by atoms with E-state index in [0.29, 0.717) is 38.0 Å². The molecule has 1 aromatic carbocycles. The lowest BCUT2D eigenvalue weighted by molar-refractivity contribution is -0.149. The lowest BCUT2D eigenvalue weighted by Crippen LogP contribution is -2.56. The largest absolute Gasteiger partial charge is 0.396 e. The van der Waals surface area contributed by atoms with Crippen LogP contribution in [0, 0.1) is 11.8 Å². The Labute approximate surface area is 250 Å². The first-order chi connectivity index (χ1) is 20.2. The minimum atomic E-state index is -1.12. The Balaban J connectivity index is 1.75. The summed E-state index contributed by atoms with van der Waals surface area (Å²) in [6.45, 7) is 18.9. The Hall–Kier alpha value is -3.17. The van der Waals surface area contributed by atoms with E-state index in [1.54, 1.807) is 26.9 Å². The van der Waals surface area contributed by atoms with Crippen molar-refractivity contribution in [2.75, 3.05) is 55.7 Å². The van der Waals surface area contributed by atoms with Crippen molar-refractivity contribution in [1.82, 2.24) is 9.80 Å². The molecule has 2 bridgehead atoms. The Morgan fingerprint density at radius 1 is 1.05 bits per heavy atom. The van der Waals surface area contributed by atoms with Crippen molar-refractivity contribution in [1.29, 1.82) is 0 Å². The molecule has 1 spiro atoms. The minimum absolute atomic E-state index is 0.115. The van der Waals surface area contributed by atoms with Gasteiger partial charge in [0, 0.05) is 57.3 Å². The van der Waals surface area contributed by atoms with Crippen LogP contribution < -0.4 is 9.80 Å². The highest BCUT2D eigenvalue weighted by Gasteiger charge is 2.78. The molecule has 0 radical (unpaired) electrons. The van der Waals surface area contributed by atoms with Gasteiger partial charge in [-0.05, 0) is 70.7 Å². The van der Waals surface area contributed by atoms with Crippen LogP contribution >= 0.6 is 0 Å². The predicted molar refractivity (Wildman–Crippen MR) is 165 cm³/mol. The molecule has 9 heteroatoms. The molecule has 3 aliphatic rings. The number of hydrogen-bond donors (Lipinski definition) is 1. The highest BCUT2D eigenvalue weighted by atomic mass is 16.5. The van der Waals surface area contributed by atoms with E-state index in [2.05, 4.69) is 31.9 Å². The predicted octanol–water partition coefficient (Wildman–Crippen LogP) is 3.62. The highest BCUT2D eigenvalue weighted by molar-refractivity contribution is 6.05. The monoisotopic (exact) mass is 580 g/mol. The van der Waals surface area contributed by atoms with Gasteiger partial charge in [-0.3, -0.25) is 14.4 Å². The molecule has 3 heterocycles. The van der Waals surface area contributed by atoms with Crippen molar-refractivity contribution >= 4 is 29.1 Å². The van der Waals surface area contributed by atoms with Crippen LogP contribution in [0.5, 0.6) is 0 Å². The normalized spacial score (nSPS) is 27.6. The van der Waals surface area contributed by atoms with Gasteiger partial charge in [0.25, 0.3) is 5.91 Å². The van der Waals surface area contributed by atoms with E-state index >= 15 is 0 Å². The molecular weight excluding hydrogens is 532 g/mol. The maximum absolute atomic E-state index is 14.7. The lowest BCUT2D eigenvalue weighted by Gasteiger charge is -2.37. The number of carbonyl (C=O) groups is 3. The van der Waals surface area contributed by atoms with Gasteiger partial charge in [0.15, 0.2) is 0 Å². The molecular formula is C33H48N4O5. The summed E-state index contributed by atoms with van der Waals surface area (Å²) < 4.78 is 6.79. The summed E-state index contributed by atoms with van der Waals surface area (Å²) in [6, 6.07) is 6.95. The second kappa shape index (κ2) is 13.0. The standard InChI is InChI=1S/C33H48N4O5/c1-7-19-35(20-8-2)29(39)26-27-30(40)37(22-12-23-38)28(33(27)18-17-32(26,6)42-33)31(41)36(21-9-3)25-15-13-24(14-16-25)34(10-4)11-5/h7,9,13-16,26-28,38H,1,3,8,10-12,17-23H2,2,4-6H3/t26-,27-,28?,32+,33?/m0/s1. The second-order valence-electron chi connectivity index (χ2n) is 11.8. The third kappa shape index (κ3) is 5.26. The summed E-state index contributed by atoms with van der Waals surface area (Å²) >= 11 is 0. The molecule has 3 aliphatic heterocycles. The number of carbonyl (C=O) groups excluding carboxylic acids is 3. The number of anilines is 2. The number of nitrogens with zero attached hydrogens (tertiary/aromatic N) is 4. The Bertz CT molecular complexity index is 1170.